The van der Waals surface area contributed by atoms with Crippen molar-refractivity contribution in [1.29, 1.82) is 0 Å². The molecule has 0 spiro atoms. The van der Waals surface area contributed by atoms with Crippen LogP contribution in [0.4, 0.5) is 0 Å². The van der Waals surface area contributed by atoms with Gasteiger partial charge in [-0.15, -0.1) is 0 Å². The van der Waals surface area contributed by atoms with E-state index in [1.54, 1.807) is 0 Å². The second kappa shape index (κ2) is 6.61. The van der Waals surface area contributed by atoms with Gasteiger partial charge in [-0.1, -0.05) is 6.07 Å². The molecule has 2 fully saturated rings. The molecule has 0 aliphatic carbocycles. The molecular weight excluding hydrogens is 308 g/mol. The van der Waals surface area contributed by atoms with Crippen LogP contribution in [0.25, 0.3) is 0 Å². The molecule has 6 heteroatoms. The number of carbonyl (C=O) groups excluding carboxylic acids is 1. The molecule has 2 N–H and O–H groups in total. The fraction of sp³-hybridized carbons (Fsp3) is 0.611. The minimum atomic E-state index is -0.337. The van der Waals surface area contributed by atoms with Gasteiger partial charge in [-0.2, -0.15) is 0 Å². The lowest BCUT2D eigenvalue weighted by molar-refractivity contribution is -0.143. The van der Waals surface area contributed by atoms with Crippen LogP contribution in [0.1, 0.15) is 37.3 Å². The van der Waals surface area contributed by atoms with Gasteiger partial charge in [0.15, 0.2) is 11.5 Å². The highest BCUT2D eigenvalue weighted by Crippen LogP contribution is 2.39. The minimum absolute atomic E-state index is 0.0225. The molecule has 3 atom stereocenters. The fourth-order valence-electron chi connectivity index (χ4n) is 3.89. The van der Waals surface area contributed by atoms with E-state index in [1.165, 1.54) is 0 Å². The van der Waals surface area contributed by atoms with Crippen LogP contribution in [0.3, 0.4) is 0 Å². The topological polar surface area (TPSA) is 74.0 Å². The van der Waals surface area contributed by atoms with Gasteiger partial charge in [0.25, 0.3) is 5.91 Å². The Balaban J connectivity index is 1.51. The molecule has 0 aromatic heterocycles. The van der Waals surface area contributed by atoms with E-state index >= 15 is 0 Å². The van der Waals surface area contributed by atoms with Crippen LogP contribution >= 0.6 is 0 Å². The van der Waals surface area contributed by atoms with Gasteiger partial charge >= 0.3 is 0 Å². The van der Waals surface area contributed by atoms with Crippen LogP contribution in [0.15, 0.2) is 18.2 Å². The van der Waals surface area contributed by atoms with E-state index in [4.69, 9.17) is 19.9 Å². The summed E-state index contributed by atoms with van der Waals surface area (Å²) in [6, 6.07) is 6.10. The third-order valence-corrected chi connectivity index (χ3v) is 5.13. The molecule has 0 saturated carbocycles. The summed E-state index contributed by atoms with van der Waals surface area (Å²) < 4.78 is 17.1. The van der Waals surface area contributed by atoms with Crippen molar-refractivity contribution in [1.82, 2.24) is 4.90 Å². The number of nitrogens with zero attached hydrogens (tertiary/aromatic N) is 1. The first-order chi connectivity index (χ1) is 11.8. The van der Waals surface area contributed by atoms with Gasteiger partial charge in [0, 0.05) is 13.1 Å². The number of amides is 1. The molecule has 6 nitrogen and oxygen atoms in total. The summed E-state index contributed by atoms with van der Waals surface area (Å²) in [4.78, 5) is 14.9. The molecule has 0 radical (unpaired) electrons. The number of fused-ring (bicyclic) bond motifs is 1. The number of hydrogen-bond acceptors (Lipinski definition) is 5. The summed E-state index contributed by atoms with van der Waals surface area (Å²) in [6.07, 6.45) is 3.31. The monoisotopic (exact) mass is 332 g/mol. The second-order valence-corrected chi connectivity index (χ2v) is 6.65. The highest BCUT2D eigenvalue weighted by atomic mass is 16.6. The lowest BCUT2D eigenvalue weighted by Gasteiger charge is -2.28. The number of hydrogen-bond donors (Lipinski definition) is 1. The standard InChI is InChI=1S/C18H24N2O4/c19-11-13-4-6-16(24-13)18(21)20-7-1-2-14(20)12-3-5-15-17(10-12)23-9-8-22-15/h3,5,10,13-14,16H,1-2,4,6-9,11,19H2/t13-,14?,16+/m1/s1. The molecule has 130 valence electrons. The number of rotatable bonds is 3. The first-order valence-corrected chi connectivity index (χ1v) is 8.82. The van der Waals surface area contributed by atoms with Crippen LogP contribution in [0, 0.1) is 0 Å². The molecular formula is C18H24N2O4. The van der Waals surface area contributed by atoms with Crippen molar-refractivity contribution in [3.05, 3.63) is 23.8 Å². The Morgan fingerprint density at radius 2 is 2.00 bits per heavy atom. The fourth-order valence-corrected chi connectivity index (χ4v) is 3.89. The van der Waals surface area contributed by atoms with Crippen molar-refractivity contribution < 1.29 is 19.0 Å². The maximum absolute atomic E-state index is 12.9. The number of carbonyl (C=O) groups is 1. The van der Waals surface area contributed by atoms with Crippen LogP contribution in [0.5, 0.6) is 11.5 Å². The van der Waals surface area contributed by atoms with Crippen molar-refractivity contribution in [2.24, 2.45) is 5.73 Å². The van der Waals surface area contributed by atoms with Gasteiger partial charge in [-0.3, -0.25) is 4.79 Å². The average Bonchev–Trinajstić information content (AvgIpc) is 3.30. The lowest BCUT2D eigenvalue weighted by Crippen LogP contribution is -2.39. The summed E-state index contributed by atoms with van der Waals surface area (Å²) >= 11 is 0. The SMILES string of the molecule is NC[C@H]1CC[C@@H](C(=O)N2CCCC2c2ccc3c(c2)OCCO3)O1. The Morgan fingerprint density at radius 3 is 2.79 bits per heavy atom. The molecule has 3 heterocycles. The van der Waals surface area contributed by atoms with E-state index in [0.29, 0.717) is 19.8 Å². The van der Waals surface area contributed by atoms with Gasteiger partial charge in [0.2, 0.25) is 0 Å². The largest absolute Gasteiger partial charge is 0.486 e. The average molecular weight is 332 g/mol. The molecule has 4 rings (SSSR count). The summed E-state index contributed by atoms with van der Waals surface area (Å²) in [5, 5.41) is 0. The zero-order chi connectivity index (χ0) is 16.5. The summed E-state index contributed by atoms with van der Waals surface area (Å²) in [6.45, 7) is 2.42. The Kier molecular flexibility index (Phi) is 4.33. The minimum Gasteiger partial charge on any atom is -0.486 e. The van der Waals surface area contributed by atoms with Crippen molar-refractivity contribution >= 4 is 5.91 Å². The molecule has 3 aliphatic rings. The van der Waals surface area contributed by atoms with E-state index < -0.39 is 0 Å². The number of benzene rings is 1. The second-order valence-electron chi connectivity index (χ2n) is 6.65. The summed E-state index contributed by atoms with van der Waals surface area (Å²) in [5.41, 5.74) is 6.77. The van der Waals surface area contributed by atoms with E-state index in [0.717, 1.165) is 49.3 Å². The van der Waals surface area contributed by atoms with Gasteiger partial charge < -0.3 is 24.8 Å². The zero-order valence-corrected chi connectivity index (χ0v) is 13.8. The molecule has 3 aliphatic heterocycles. The van der Waals surface area contributed by atoms with Crippen molar-refractivity contribution in [3.8, 4) is 11.5 Å². The van der Waals surface area contributed by atoms with Crippen LogP contribution in [-0.2, 0) is 9.53 Å². The number of likely N-dealkylation sites (tertiary alicyclic amines) is 1. The highest BCUT2D eigenvalue weighted by molar-refractivity contribution is 5.82. The van der Waals surface area contributed by atoms with E-state index in [1.807, 2.05) is 23.1 Å². The predicted octanol–water partition coefficient (Wildman–Crippen LogP) is 1.63. The third kappa shape index (κ3) is 2.84. The quantitative estimate of drug-likeness (QED) is 0.911. The van der Waals surface area contributed by atoms with Gasteiger partial charge in [0.05, 0.1) is 12.1 Å². The molecule has 1 aromatic rings. The Morgan fingerprint density at radius 1 is 1.17 bits per heavy atom. The van der Waals surface area contributed by atoms with Gasteiger partial charge in [0.1, 0.15) is 19.3 Å². The molecule has 1 amide bonds. The molecule has 1 unspecified atom stereocenters. The van der Waals surface area contributed by atoms with E-state index in [2.05, 4.69) is 0 Å². The Labute approximate surface area is 141 Å². The summed E-state index contributed by atoms with van der Waals surface area (Å²) in [7, 11) is 0. The third-order valence-electron chi connectivity index (χ3n) is 5.13. The predicted molar refractivity (Wildman–Crippen MR) is 88.1 cm³/mol. The van der Waals surface area contributed by atoms with Crippen LogP contribution < -0.4 is 15.2 Å². The Bertz CT molecular complexity index is 621. The first-order valence-electron chi connectivity index (χ1n) is 8.82. The van der Waals surface area contributed by atoms with Crippen LogP contribution in [-0.4, -0.2) is 49.3 Å². The van der Waals surface area contributed by atoms with Crippen molar-refractivity contribution in [2.75, 3.05) is 26.3 Å². The smallest absolute Gasteiger partial charge is 0.252 e. The number of ether oxygens (including phenoxy) is 3. The van der Waals surface area contributed by atoms with E-state index in [9.17, 15) is 4.79 Å². The van der Waals surface area contributed by atoms with Gasteiger partial charge in [-0.25, -0.2) is 0 Å². The Hall–Kier alpha value is -1.79. The highest BCUT2D eigenvalue weighted by Gasteiger charge is 2.38. The maximum Gasteiger partial charge on any atom is 0.252 e. The zero-order valence-electron chi connectivity index (χ0n) is 13.8. The molecule has 0 bridgehead atoms. The maximum atomic E-state index is 12.9. The molecule has 1 aromatic carbocycles. The lowest BCUT2D eigenvalue weighted by atomic mass is 10.0. The number of nitrogens with two attached hydrogens (primary N) is 1. The van der Waals surface area contributed by atoms with E-state index in [-0.39, 0.29) is 24.2 Å². The van der Waals surface area contributed by atoms with Crippen LogP contribution in [0.2, 0.25) is 0 Å². The van der Waals surface area contributed by atoms with Gasteiger partial charge in [-0.05, 0) is 43.4 Å². The molecule has 2 saturated heterocycles. The molecule has 24 heavy (non-hydrogen) atoms. The van der Waals surface area contributed by atoms with Crippen molar-refractivity contribution in [3.63, 3.8) is 0 Å². The normalized spacial score (nSPS) is 29.0. The first kappa shape index (κ1) is 15.7. The summed E-state index contributed by atoms with van der Waals surface area (Å²) in [5.74, 6) is 1.66. The van der Waals surface area contributed by atoms with Crippen molar-refractivity contribution in [2.45, 2.75) is 43.9 Å².